The highest BCUT2D eigenvalue weighted by Gasteiger charge is 2.17. The topological polar surface area (TPSA) is 83.5 Å². The van der Waals surface area contributed by atoms with Crippen LogP contribution < -0.4 is 4.72 Å². The predicted molar refractivity (Wildman–Crippen MR) is 75.4 cm³/mol. The van der Waals surface area contributed by atoms with E-state index < -0.39 is 21.8 Å². The quantitative estimate of drug-likeness (QED) is 0.691. The zero-order valence-corrected chi connectivity index (χ0v) is 13.0. The molecule has 0 aliphatic heterocycles. The van der Waals surface area contributed by atoms with Gasteiger partial charge in [-0.2, -0.15) is 0 Å². The molecule has 0 fully saturated rings. The van der Waals surface area contributed by atoms with Gasteiger partial charge in [0.1, 0.15) is 5.82 Å². The lowest BCUT2D eigenvalue weighted by Crippen LogP contribution is -2.25. The van der Waals surface area contributed by atoms with Crippen LogP contribution in [0.5, 0.6) is 0 Å². The molecule has 0 aromatic heterocycles. The van der Waals surface area contributed by atoms with Crippen molar-refractivity contribution in [1.29, 1.82) is 0 Å². The summed E-state index contributed by atoms with van der Waals surface area (Å²) in [4.78, 5) is 10.3. The fourth-order valence-corrected chi connectivity index (χ4v) is 3.68. The molecule has 0 aliphatic carbocycles. The van der Waals surface area contributed by atoms with E-state index in [9.17, 15) is 17.6 Å². The van der Waals surface area contributed by atoms with E-state index in [-0.39, 0.29) is 22.3 Å². The van der Waals surface area contributed by atoms with Crippen molar-refractivity contribution in [2.75, 3.05) is 6.54 Å². The lowest BCUT2D eigenvalue weighted by Gasteiger charge is -2.08. The highest BCUT2D eigenvalue weighted by molar-refractivity contribution is 9.10. The third-order valence-electron chi connectivity index (χ3n) is 2.54. The maximum Gasteiger partial charge on any atom is 0.303 e. The molecule has 1 rings (SSSR count). The molecule has 0 atom stereocenters. The molecule has 20 heavy (non-hydrogen) atoms. The van der Waals surface area contributed by atoms with Crippen molar-refractivity contribution >= 4 is 31.9 Å². The first-order valence-corrected chi connectivity index (χ1v) is 8.27. The minimum Gasteiger partial charge on any atom is -0.481 e. The van der Waals surface area contributed by atoms with E-state index in [1.807, 2.05) is 0 Å². The van der Waals surface area contributed by atoms with Crippen molar-refractivity contribution in [3.63, 3.8) is 0 Å². The van der Waals surface area contributed by atoms with Crippen LogP contribution in [0.2, 0.25) is 0 Å². The van der Waals surface area contributed by atoms with E-state index in [2.05, 4.69) is 20.7 Å². The van der Waals surface area contributed by atoms with Gasteiger partial charge < -0.3 is 5.11 Å². The minimum absolute atomic E-state index is 0.0237. The van der Waals surface area contributed by atoms with Crippen LogP contribution in [-0.2, 0) is 14.8 Å². The van der Waals surface area contributed by atoms with Crippen molar-refractivity contribution < 1.29 is 22.7 Å². The number of sulfonamides is 1. The average molecular weight is 368 g/mol. The second kappa shape index (κ2) is 7.70. The number of carbonyl (C=O) groups is 1. The fraction of sp³-hybridized carbons (Fsp3) is 0.417. The number of benzene rings is 1. The number of carboxylic acid groups (broad SMARTS) is 1. The van der Waals surface area contributed by atoms with Crippen molar-refractivity contribution in [3.05, 3.63) is 28.5 Å². The normalized spacial score (nSPS) is 11.5. The van der Waals surface area contributed by atoms with Crippen LogP contribution in [-0.4, -0.2) is 26.0 Å². The number of nitrogens with one attached hydrogen (secondary N) is 1. The van der Waals surface area contributed by atoms with Crippen molar-refractivity contribution in [1.82, 2.24) is 4.72 Å². The average Bonchev–Trinajstić information content (AvgIpc) is 2.32. The van der Waals surface area contributed by atoms with Gasteiger partial charge in [-0.05, 0) is 47.0 Å². The Balaban J connectivity index is 2.48. The number of unbranched alkanes of at least 4 members (excludes halogenated alkanes) is 2. The van der Waals surface area contributed by atoms with Gasteiger partial charge >= 0.3 is 5.97 Å². The van der Waals surface area contributed by atoms with Gasteiger partial charge in [0.2, 0.25) is 10.0 Å². The van der Waals surface area contributed by atoms with E-state index in [0.717, 1.165) is 12.1 Å². The summed E-state index contributed by atoms with van der Waals surface area (Å²) < 4.78 is 39.4. The van der Waals surface area contributed by atoms with Gasteiger partial charge in [0, 0.05) is 17.4 Å². The third kappa shape index (κ3) is 5.56. The highest BCUT2D eigenvalue weighted by atomic mass is 79.9. The Morgan fingerprint density at radius 2 is 2.00 bits per heavy atom. The van der Waals surface area contributed by atoms with Crippen LogP contribution >= 0.6 is 15.9 Å². The molecule has 0 saturated heterocycles. The lowest BCUT2D eigenvalue weighted by atomic mass is 10.2. The SMILES string of the molecule is O=C(O)CCCCCNS(=O)(=O)c1ccc(F)cc1Br. The highest BCUT2D eigenvalue weighted by Crippen LogP contribution is 2.22. The lowest BCUT2D eigenvalue weighted by molar-refractivity contribution is -0.137. The van der Waals surface area contributed by atoms with Gasteiger partial charge in [-0.1, -0.05) is 6.42 Å². The minimum atomic E-state index is -3.69. The largest absolute Gasteiger partial charge is 0.481 e. The number of carboxylic acids is 1. The summed E-state index contributed by atoms with van der Waals surface area (Å²) in [5.74, 6) is -1.38. The van der Waals surface area contributed by atoms with E-state index in [1.54, 1.807) is 0 Å². The molecule has 1 aromatic carbocycles. The van der Waals surface area contributed by atoms with E-state index in [0.29, 0.717) is 19.3 Å². The van der Waals surface area contributed by atoms with Gasteiger partial charge in [0.15, 0.2) is 0 Å². The van der Waals surface area contributed by atoms with Gasteiger partial charge in [0.25, 0.3) is 0 Å². The molecule has 5 nitrogen and oxygen atoms in total. The maximum absolute atomic E-state index is 12.9. The van der Waals surface area contributed by atoms with Crippen LogP contribution in [0.15, 0.2) is 27.6 Å². The summed E-state index contributed by atoms with van der Waals surface area (Å²) in [5, 5.41) is 8.45. The summed E-state index contributed by atoms with van der Waals surface area (Å²) in [5.41, 5.74) is 0. The molecule has 1 aromatic rings. The first-order valence-electron chi connectivity index (χ1n) is 5.99. The molecular weight excluding hydrogens is 353 g/mol. The van der Waals surface area contributed by atoms with E-state index in [1.165, 1.54) is 6.07 Å². The van der Waals surface area contributed by atoms with Crippen LogP contribution in [0.1, 0.15) is 25.7 Å². The van der Waals surface area contributed by atoms with Crippen LogP contribution in [0.3, 0.4) is 0 Å². The monoisotopic (exact) mass is 367 g/mol. The number of rotatable bonds is 8. The van der Waals surface area contributed by atoms with E-state index >= 15 is 0 Å². The van der Waals surface area contributed by atoms with Crippen molar-refractivity contribution in [2.24, 2.45) is 0 Å². The van der Waals surface area contributed by atoms with Crippen molar-refractivity contribution in [2.45, 2.75) is 30.6 Å². The third-order valence-corrected chi connectivity index (χ3v) is 4.98. The first-order chi connectivity index (χ1) is 9.33. The molecule has 2 N–H and O–H groups in total. The Morgan fingerprint density at radius 1 is 1.30 bits per heavy atom. The summed E-state index contributed by atoms with van der Waals surface area (Å²) in [6.45, 7) is 0.214. The summed E-state index contributed by atoms with van der Waals surface area (Å²) in [7, 11) is -3.69. The summed E-state index contributed by atoms with van der Waals surface area (Å²) in [6.07, 6.45) is 1.76. The zero-order chi connectivity index (χ0) is 15.2. The van der Waals surface area contributed by atoms with E-state index in [4.69, 9.17) is 5.11 Å². The fourth-order valence-electron chi connectivity index (χ4n) is 1.56. The summed E-state index contributed by atoms with van der Waals surface area (Å²) >= 11 is 3.01. The molecule has 0 unspecified atom stereocenters. The molecule has 0 bridgehead atoms. The molecule has 0 aliphatic rings. The number of halogens is 2. The maximum atomic E-state index is 12.9. The second-order valence-corrected chi connectivity index (χ2v) is 6.77. The predicted octanol–water partition coefficient (Wildman–Crippen LogP) is 2.51. The van der Waals surface area contributed by atoms with Gasteiger partial charge in [-0.15, -0.1) is 0 Å². The number of hydrogen-bond acceptors (Lipinski definition) is 3. The molecule has 0 saturated carbocycles. The Hall–Kier alpha value is -0.990. The molecule has 112 valence electrons. The Bertz CT molecular complexity index is 577. The Labute approximate surface area is 125 Å². The van der Waals surface area contributed by atoms with Crippen molar-refractivity contribution in [3.8, 4) is 0 Å². The van der Waals surface area contributed by atoms with Crippen LogP contribution in [0, 0.1) is 5.82 Å². The standard InChI is InChI=1S/C12H15BrFNO4S/c13-10-8-9(14)5-6-11(10)20(18,19)15-7-3-1-2-4-12(16)17/h5-6,8,15H,1-4,7H2,(H,16,17). The summed E-state index contributed by atoms with van der Waals surface area (Å²) in [6, 6.07) is 3.35. The molecule has 0 heterocycles. The second-order valence-electron chi connectivity index (χ2n) is 4.18. The first kappa shape index (κ1) is 17.1. The molecular formula is C12H15BrFNO4S. The van der Waals surface area contributed by atoms with Gasteiger partial charge in [-0.25, -0.2) is 17.5 Å². The van der Waals surface area contributed by atoms with Gasteiger partial charge in [0.05, 0.1) is 4.90 Å². The number of aliphatic carboxylic acids is 1. The molecule has 8 heteroatoms. The molecule has 0 spiro atoms. The van der Waals surface area contributed by atoms with Crippen LogP contribution in [0.25, 0.3) is 0 Å². The Morgan fingerprint density at radius 3 is 2.60 bits per heavy atom. The number of hydrogen-bond donors (Lipinski definition) is 2. The van der Waals surface area contributed by atoms with Crippen LogP contribution in [0.4, 0.5) is 4.39 Å². The Kier molecular flexibility index (Phi) is 6.57. The molecule has 0 radical (unpaired) electrons. The van der Waals surface area contributed by atoms with Gasteiger partial charge in [-0.3, -0.25) is 4.79 Å². The zero-order valence-electron chi connectivity index (χ0n) is 10.6. The smallest absolute Gasteiger partial charge is 0.303 e. The molecule has 0 amide bonds.